The third-order valence-electron chi connectivity index (χ3n) is 16.1. The molecule has 0 radical (unpaired) electrons. The predicted molar refractivity (Wildman–Crippen MR) is 303 cm³/mol. The first-order chi connectivity index (χ1) is 39.4. The van der Waals surface area contributed by atoms with Crippen molar-refractivity contribution in [2.24, 2.45) is 11.8 Å². The molecule has 3 aliphatic rings. The van der Waals surface area contributed by atoms with Gasteiger partial charge in [0, 0.05) is 79.6 Å². The highest BCUT2D eigenvalue weighted by molar-refractivity contribution is 6.12. The zero-order chi connectivity index (χ0) is 61.0. The van der Waals surface area contributed by atoms with Gasteiger partial charge >= 0.3 is 0 Å². The average molecular weight is 1160 g/mol. The van der Waals surface area contributed by atoms with Gasteiger partial charge in [-0.3, -0.25) is 43.3 Å². The van der Waals surface area contributed by atoms with E-state index >= 15 is 4.39 Å². The Bertz CT molecular complexity index is 3020. The van der Waals surface area contributed by atoms with E-state index in [1.807, 2.05) is 6.92 Å². The van der Waals surface area contributed by atoms with Crippen molar-refractivity contribution < 1.29 is 73.0 Å². The Hall–Kier alpha value is -6.76. The molecule has 1 aromatic carbocycles. The van der Waals surface area contributed by atoms with Gasteiger partial charge in [-0.25, -0.2) is 9.37 Å². The fraction of sp³-hybridized carbons (Fsp3) is 0.583. The molecule has 0 saturated carbocycles. The fourth-order valence-electron chi connectivity index (χ4n) is 10.9. The molecule has 23 heteroatoms. The van der Waals surface area contributed by atoms with E-state index in [2.05, 4.69) is 27.8 Å². The van der Waals surface area contributed by atoms with Crippen LogP contribution in [-0.2, 0) is 74.6 Å². The summed E-state index contributed by atoms with van der Waals surface area (Å²) in [6, 6.07) is 0.953. The quantitative estimate of drug-likeness (QED) is 0.0193. The zero-order valence-corrected chi connectivity index (χ0v) is 48.6. The molecule has 22 nitrogen and oxygen atoms in total. The molecule has 2 aromatic heterocycles. The lowest BCUT2D eigenvalue weighted by Crippen LogP contribution is -2.55. The number of amides is 6. The Morgan fingerprint density at radius 2 is 1.55 bits per heavy atom. The van der Waals surface area contributed by atoms with Crippen LogP contribution in [0.3, 0.4) is 0 Å². The average Bonchev–Trinajstić information content (AvgIpc) is 2.80. The van der Waals surface area contributed by atoms with Crippen LogP contribution in [0.15, 0.2) is 41.4 Å². The third kappa shape index (κ3) is 15.3. The minimum Gasteiger partial charge on any atom is -0.490 e. The van der Waals surface area contributed by atoms with E-state index in [-0.39, 0.29) is 88.7 Å². The predicted octanol–water partition coefficient (Wildman–Crippen LogP) is 2.95. The number of unbranched alkanes of at least 4 members (excludes halogenated alkanes) is 3. The topological polar surface area (TPSA) is 325 Å². The van der Waals surface area contributed by atoms with Crippen molar-refractivity contribution in [3.63, 3.8) is 0 Å². The number of rotatable bonds is 32. The number of halogens is 1. The number of nitrogens with one attached hydrogen (secondary N) is 4. The summed E-state index contributed by atoms with van der Waals surface area (Å²) in [5.74, 6) is -5.62. The number of aryl methyl sites for hydroxylation is 2. The first kappa shape index (κ1) is 65.4. The van der Waals surface area contributed by atoms with Crippen LogP contribution in [0.25, 0.3) is 22.3 Å². The second-order valence-electron chi connectivity index (χ2n) is 22.2. The van der Waals surface area contributed by atoms with Crippen LogP contribution in [-0.4, -0.2) is 144 Å². The molecule has 0 fully saturated rings. The van der Waals surface area contributed by atoms with Crippen LogP contribution in [0.2, 0.25) is 0 Å². The lowest BCUT2D eigenvalue weighted by molar-refractivity contribution is -0.137. The molecule has 9 N–H and O–H groups in total. The van der Waals surface area contributed by atoms with E-state index in [0.29, 0.717) is 78.5 Å². The summed E-state index contributed by atoms with van der Waals surface area (Å²) < 4.78 is 28.8. The molecule has 6 amide bonds. The lowest BCUT2D eigenvalue weighted by atomic mass is 9.84. The van der Waals surface area contributed by atoms with Gasteiger partial charge in [0.15, 0.2) is 0 Å². The van der Waals surface area contributed by atoms with Gasteiger partial charge in [0.05, 0.1) is 41.2 Å². The molecule has 3 aliphatic heterocycles. The van der Waals surface area contributed by atoms with Gasteiger partial charge in [0.2, 0.25) is 23.6 Å². The number of nitrogens with zero attached hydrogens (tertiary/aromatic N) is 3. The van der Waals surface area contributed by atoms with E-state index < -0.39 is 102 Å². The van der Waals surface area contributed by atoms with Gasteiger partial charge < -0.3 is 60.8 Å². The Morgan fingerprint density at radius 3 is 2.22 bits per heavy atom. The summed E-state index contributed by atoms with van der Waals surface area (Å²) in [7, 11) is 0. The fourth-order valence-corrected chi connectivity index (χ4v) is 10.9. The number of imide groups is 1. The van der Waals surface area contributed by atoms with Gasteiger partial charge in [-0.15, -0.1) is 0 Å². The van der Waals surface area contributed by atoms with Crippen molar-refractivity contribution in [1.29, 1.82) is 0 Å². The van der Waals surface area contributed by atoms with Crippen molar-refractivity contribution in [3.05, 3.63) is 86.2 Å². The molecule has 0 bridgehead atoms. The van der Waals surface area contributed by atoms with Crippen LogP contribution >= 0.6 is 0 Å². The first-order valence-electron chi connectivity index (χ1n) is 28.8. The molecule has 6 rings (SSSR count). The number of Topliss-reactive ketones (excluding diaryl/α,β-unsaturated/α-hetero) is 1. The first-order valence-corrected chi connectivity index (χ1v) is 28.8. The summed E-state index contributed by atoms with van der Waals surface area (Å²) in [4.78, 5) is 111. The highest BCUT2D eigenvalue weighted by Crippen LogP contribution is 2.44. The number of ether oxygens (including phenoxy) is 2. The molecule has 8 atom stereocenters. The maximum Gasteiger partial charge on any atom is 0.258 e. The molecular formula is C60H82FN7O15. The minimum atomic E-state index is -1.77. The van der Waals surface area contributed by atoms with Crippen molar-refractivity contribution in [2.75, 3.05) is 26.4 Å². The van der Waals surface area contributed by atoms with Crippen molar-refractivity contribution in [1.82, 2.24) is 35.7 Å². The molecule has 0 saturated heterocycles. The van der Waals surface area contributed by atoms with Crippen molar-refractivity contribution >= 4 is 52.1 Å². The summed E-state index contributed by atoms with van der Waals surface area (Å²) in [6.45, 7) is 15.8. The zero-order valence-electron chi connectivity index (χ0n) is 48.6. The van der Waals surface area contributed by atoms with Gasteiger partial charge in [0.25, 0.3) is 17.4 Å². The Labute approximate surface area is 482 Å². The second kappa shape index (κ2) is 29.2. The molecule has 454 valence electrons. The van der Waals surface area contributed by atoms with Gasteiger partial charge in [-0.05, 0) is 100 Å². The Balaban J connectivity index is 1.00. The maximum absolute atomic E-state index is 15.7. The molecule has 0 aliphatic carbocycles. The third-order valence-corrected chi connectivity index (χ3v) is 16.1. The molecule has 5 heterocycles. The van der Waals surface area contributed by atoms with Crippen LogP contribution < -0.4 is 26.8 Å². The highest BCUT2D eigenvalue weighted by atomic mass is 19.1. The van der Waals surface area contributed by atoms with Crippen LogP contribution in [0.4, 0.5) is 4.39 Å². The van der Waals surface area contributed by atoms with Crippen molar-refractivity contribution in [3.8, 4) is 11.4 Å². The normalized spacial score (nSPS) is 18.0. The number of hydrogen-bond donors (Lipinski definition) is 9. The van der Waals surface area contributed by atoms with Crippen LogP contribution in [0.5, 0.6) is 0 Å². The maximum atomic E-state index is 15.7. The summed E-state index contributed by atoms with van der Waals surface area (Å²) in [6.07, 6.45) is -0.877. The molecule has 0 spiro atoms. The monoisotopic (exact) mass is 1160 g/mol. The van der Waals surface area contributed by atoms with E-state index in [1.54, 1.807) is 45.3 Å². The van der Waals surface area contributed by atoms with Gasteiger partial charge in [-0.2, -0.15) is 0 Å². The second-order valence-corrected chi connectivity index (χ2v) is 22.2. The standard InChI is InChI=1S/C60H82FN7O15/c1-9-38-40-29-68-45(26-42-41(59(68)80)30-83-35(8)60(42,81)11-3)53(40)65-44-27-43(61)33(6)39(51(38)44)18-14-16-24-82-31-63-56(77)34(7)64-58(79)52(32(4)5)66-57(78)36(19-20-48(72)62-28-47(71)55(76)54(75)46(70)10-2)25-37(69)17-13-12-15-23-67-49(73)21-22-50(67)74/h21-22,26-27,32,34,36,46-47,52,54-55,70-71,75-76,81H,8-20,23-25,28-31H2,1-7H3,(H,62,72)(H,63,77)(H,64,79)(H,66,78)/t34-,36+,46+,47-,52-,54+,55+,60+/m0/s1. The van der Waals surface area contributed by atoms with E-state index in [4.69, 9.17) is 14.5 Å². The number of carbonyl (C=O) groups is 7. The number of hydrogen-bond acceptors (Lipinski definition) is 16. The molecule has 3 aromatic rings. The van der Waals surface area contributed by atoms with Gasteiger partial charge in [-0.1, -0.05) is 47.6 Å². The highest BCUT2D eigenvalue weighted by Gasteiger charge is 2.42. The number of ketones is 1. The number of aliphatic hydroxyl groups is 5. The van der Waals surface area contributed by atoms with Crippen molar-refractivity contribution in [2.45, 2.75) is 187 Å². The number of benzene rings is 1. The smallest absolute Gasteiger partial charge is 0.258 e. The molecule has 0 unspecified atom stereocenters. The van der Waals surface area contributed by atoms with Crippen LogP contribution in [0, 0.1) is 24.6 Å². The molecule has 83 heavy (non-hydrogen) atoms. The summed E-state index contributed by atoms with van der Waals surface area (Å²) >= 11 is 0. The number of aliphatic hydroxyl groups excluding tert-OH is 4. The van der Waals surface area contributed by atoms with Crippen LogP contribution in [0.1, 0.15) is 146 Å². The Kier molecular flexibility index (Phi) is 23.0. The number of carbonyl (C=O) groups excluding carboxylic acids is 7. The van der Waals surface area contributed by atoms with Gasteiger partial charge in [0.1, 0.15) is 60.6 Å². The van der Waals surface area contributed by atoms with E-state index in [1.165, 1.54) is 25.1 Å². The lowest BCUT2D eigenvalue weighted by Gasteiger charge is -2.35. The van der Waals surface area contributed by atoms with E-state index in [0.717, 1.165) is 27.0 Å². The summed E-state index contributed by atoms with van der Waals surface area (Å²) in [5, 5.41) is 63.3. The number of fused-ring (bicyclic) bond motifs is 5. The number of pyridine rings is 2. The SMILES string of the molecule is C=C1OCc2c(cc3n(c2=O)Cc2c-3nc3cc(F)c(C)c(CCCCOCNC(=O)[C@H](C)NC(=O)[C@@H](NC(=O)[C@H](CCC(=O)NC[C@H](O)[C@@H](O)[C@H](O)[C@H](O)CC)CC(=O)CCCCCN4C(=O)C=CC4=O)C(C)C)c3c2CC)[C@@]1(O)CC. The van der Waals surface area contributed by atoms with E-state index in [9.17, 15) is 63.9 Å². The molecular weight excluding hydrogens is 1080 g/mol. The largest absolute Gasteiger partial charge is 0.490 e. The number of aromatic nitrogens is 2. The summed E-state index contributed by atoms with van der Waals surface area (Å²) in [5.41, 5.74) is 3.65. The Morgan fingerprint density at radius 1 is 0.855 bits per heavy atom. The minimum absolute atomic E-state index is 0.0115.